The Morgan fingerprint density at radius 3 is 2.15 bits per heavy atom. The van der Waals surface area contributed by atoms with Gasteiger partial charge in [0.25, 0.3) is 0 Å². The van der Waals surface area contributed by atoms with Crippen LogP contribution in [0.5, 0.6) is 0 Å². The van der Waals surface area contributed by atoms with E-state index in [4.69, 9.17) is 0 Å². The first-order valence-corrected chi connectivity index (χ1v) is 9.09. The summed E-state index contributed by atoms with van der Waals surface area (Å²) in [6, 6.07) is 0. The summed E-state index contributed by atoms with van der Waals surface area (Å²) in [5.41, 5.74) is 0.693. The molecule has 3 unspecified atom stereocenters. The molecule has 6 rings (SSSR count). The quantitative estimate of drug-likeness (QED) is 0.837. The van der Waals surface area contributed by atoms with E-state index in [2.05, 4.69) is 4.90 Å². The molecular formula is C18H29NO. The molecule has 2 nitrogen and oxygen atoms in total. The maximum absolute atomic E-state index is 10.1. The molecule has 112 valence electrons. The number of rotatable bonds is 2. The molecule has 0 aromatic heterocycles. The van der Waals surface area contributed by atoms with E-state index in [0.717, 1.165) is 30.1 Å². The standard InChI is InChI=1S/C18H29NO/c20-17-2-1-15-9-19(10-16(15)17)11-18-6-12-3-13(7-18)5-14(4-12)8-18/h12-17,20H,1-11H2. The number of likely N-dealkylation sites (tertiary alicyclic amines) is 1. The summed E-state index contributed by atoms with van der Waals surface area (Å²) in [7, 11) is 0. The second-order valence-electron chi connectivity index (χ2n) is 9.18. The van der Waals surface area contributed by atoms with E-state index in [9.17, 15) is 5.11 Å². The van der Waals surface area contributed by atoms with E-state index < -0.39 is 0 Å². The second kappa shape index (κ2) is 4.23. The molecule has 5 saturated carbocycles. The van der Waals surface area contributed by atoms with Gasteiger partial charge in [-0.15, -0.1) is 0 Å². The van der Waals surface area contributed by atoms with Crippen molar-refractivity contribution in [2.75, 3.05) is 19.6 Å². The fourth-order valence-electron chi connectivity index (χ4n) is 7.42. The zero-order chi connectivity index (χ0) is 13.3. The van der Waals surface area contributed by atoms with Gasteiger partial charge in [0.15, 0.2) is 0 Å². The minimum Gasteiger partial charge on any atom is -0.393 e. The van der Waals surface area contributed by atoms with Gasteiger partial charge in [0.2, 0.25) is 0 Å². The summed E-state index contributed by atoms with van der Waals surface area (Å²) in [5, 5.41) is 10.1. The van der Waals surface area contributed by atoms with Crippen LogP contribution in [0.2, 0.25) is 0 Å². The molecule has 1 heterocycles. The topological polar surface area (TPSA) is 23.5 Å². The number of nitrogens with zero attached hydrogens (tertiary/aromatic N) is 1. The molecule has 20 heavy (non-hydrogen) atoms. The maximum atomic E-state index is 10.1. The number of aliphatic hydroxyl groups excluding tert-OH is 1. The molecule has 0 amide bonds. The summed E-state index contributed by atoms with van der Waals surface area (Å²) in [6.07, 6.45) is 11.6. The van der Waals surface area contributed by atoms with Crippen LogP contribution in [-0.4, -0.2) is 35.7 Å². The van der Waals surface area contributed by atoms with Gasteiger partial charge in [-0.05, 0) is 80.5 Å². The van der Waals surface area contributed by atoms with Crippen LogP contribution in [-0.2, 0) is 0 Å². The third kappa shape index (κ3) is 1.83. The zero-order valence-corrected chi connectivity index (χ0v) is 12.6. The van der Waals surface area contributed by atoms with Crippen molar-refractivity contribution in [3.8, 4) is 0 Å². The molecule has 0 spiro atoms. The smallest absolute Gasteiger partial charge is 0.0583 e. The molecule has 1 saturated heterocycles. The van der Waals surface area contributed by atoms with Crippen LogP contribution >= 0.6 is 0 Å². The van der Waals surface area contributed by atoms with Gasteiger partial charge in [-0.1, -0.05) is 0 Å². The van der Waals surface area contributed by atoms with Crippen molar-refractivity contribution in [2.24, 2.45) is 35.0 Å². The average Bonchev–Trinajstić information content (AvgIpc) is 2.89. The Balaban J connectivity index is 1.30. The van der Waals surface area contributed by atoms with E-state index in [-0.39, 0.29) is 6.10 Å². The number of fused-ring (bicyclic) bond motifs is 1. The van der Waals surface area contributed by atoms with Crippen LogP contribution in [0.1, 0.15) is 51.4 Å². The number of hydrogen-bond donors (Lipinski definition) is 1. The van der Waals surface area contributed by atoms with Crippen LogP contribution in [0.3, 0.4) is 0 Å². The molecule has 2 heteroatoms. The summed E-state index contributed by atoms with van der Waals surface area (Å²) in [4.78, 5) is 2.75. The lowest BCUT2D eigenvalue weighted by Gasteiger charge is -2.57. The van der Waals surface area contributed by atoms with Gasteiger partial charge in [-0.2, -0.15) is 0 Å². The normalized spacial score (nSPS) is 57.5. The summed E-state index contributed by atoms with van der Waals surface area (Å²) < 4.78 is 0. The fourth-order valence-corrected chi connectivity index (χ4v) is 7.42. The minimum atomic E-state index is 0.0152. The fraction of sp³-hybridized carbons (Fsp3) is 1.00. The molecule has 3 atom stereocenters. The summed E-state index contributed by atoms with van der Waals surface area (Å²) in [6.45, 7) is 3.87. The highest BCUT2D eigenvalue weighted by Crippen LogP contribution is 2.60. The Morgan fingerprint density at radius 1 is 0.900 bits per heavy atom. The minimum absolute atomic E-state index is 0.0152. The van der Waals surface area contributed by atoms with Gasteiger partial charge < -0.3 is 10.0 Å². The van der Waals surface area contributed by atoms with E-state index >= 15 is 0 Å². The van der Waals surface area contributed by atoms with Crippen LogP contribution in [0.25, 0.3) is 0 Å². The van der Waals surface area contributed by atoms with Gasteiger partial charge in [0.05, 0.1) is 6.10 Å². The monoisotopic (exact) mass is 275 g/mol. The first-order chi connectivity index (χ1) is 9.69. The second-order valence-corrected chi connectivity index (χ2v) is 9.18. The first-order valence-electron chi connectivity index (χ1n) is 9.09. The molecule has 0 aromatic rings. The average molecular weight is 275 g/mol. The third-order valence-electron chi connectivity index (χ3n) is 7.62. The lowest BCUT2D eigenvalue weighted by atomic mass is 9.49. The van der Waals surface area contributed by atoms with Crippen molar-refractivity contribution in [3.63, 3.8) is 0 Å². The molecule has 1 N–H and O–H groups in total. The summed E-state index contributed by atoms with van der Waals surface area (Å²) >= 11 is 0. The van der Waals surface area contributed by atoms with Gasteiger partial charge in [0.1, 0.15) is 0 Å². The molecule has 0 aromatic carbocycles. The SMILES string of the molecule is OC1CCC2CN(CC34CC5CC(CC(C5)C3)C4)CC12. The van der Waals surface area contributed by atoms with Crippen molar-refractivity contribution in [3.05, 3.63) is 0 Å². The third-order valence-corrected chi connectivity index (χ3v) is 7.62. The van der Waals surface area contributed by atoms with E-state index in [1.165, 1.54) is 45.3 Å². The predicted octanol–water partition coefficient (Wildman–Crippen LogP) is 2.91. The maximum Gasteiger partial charge on any atom is 0.0583 e. The van der Waals surface area contributed by atoms with Crippen molar-refractivity contribution in [1.29, 1.82) is 0 Å². The molecule has 1 aliphatic heterocycles. The summed E-state index contributed by atoms with van der Waals surface area (Å²) in [5.74, 6) is 4.67. The lowest BCUT2D eigenvalue weighted by molar-refractivity contribution is -0.0678. The van der Waals surface area contributed by atoms with E-state index in [1.807, 2.05) is 0 Å². The molecule has 4 bridgehead atoms. The van der Waals surface area contributed by atoms with Crippen molar-refractivity contribution in [2.45, 2.75) is 57.5 Å². The Labute approximate surface area is 122 Å². The highest BCUT2D eigenvalue weighted by Gasteiger charge is 2.52. The molecular weight excluding hydrogens is 246 g/mol. The Bertz CT molecular complexity index is 371. The van der Waals surface area contributed by atoms with Gasteiger partial charge in [-0.3, -0.25) is 0 Å². The van der Waals surface area contributed by atoms with Crippen LogP contribution in [0, 0.1) is 35.0 Å². The van der Waals surface area contributed by atoms with E-state index in [0.29, 0.717) is 11.3 Å². The first kappa shape index (κ1) is 12.5. The van der Waals surface area contributed by atoms with Gasteiger partial charge >= 0.3 is 0 Å². The molecule has 6 aliphatic rings. The van der Waals surface area contributed by atoms with Gasteiger partial charge in [-0.25, -0.2) is 0 Å². The Morgan fingerprint density at radius 2 is 1.55 bits per heavy atom. The highest BCUT2D eigenvalue weighted by molar-refractivity contribution is 5.04. The van der Waals surface area contributed by atoms with Crippen LogP contribution in [0.4, 0.5) is 0 Å². The lowest BCUT2D eigenvalue weighted by Crippen LogP contribution is -2.51. The van der Waals surface area contributed by atoms with Crippen molar-refractivity contribution in [1.82, 2.24) is 4.90 Å². The Hall–Kier alpha value is -0.0800. The molecule has 0 radical (unpaired) electrons. The number of hydrogen-bond acceptors (Lipinski definition) is 2. The van der Waals surface area contributed by atoms with Crippen molar-refractivity contribution < 1.29 is 5.11 Å². The molecule has 5 aliphatic carbocycles. The number of aliphatic hydroxyl groups is 1. The van der Waals surface area contributed by atoms with Crippen LogP contribution in [0.15, 0.2) is 0 Å². The molecule has 6 fully saturated rings. The van der Waals surface area contributed by atoms with Crippen LogP contribution < -0.4 is 0 Å². The van der Waals surface area contributed by atoms with E-state index in [1.54, 1.807) is 19.3 Å². The Kier molecular flexibility index (Phi) is 2.63. The largest absolute Gasteiger partial charge is 0.393 e. The van der Waals surface area contributed by atoms with Crippen molar-refractivity contribution >= 4 is 0 Å². The zero-order valence-electron chi connectivity index (χ0n) is 12.6. The predicted molar refractivity (Wildman–Crippen MR) is 79.3 cm³/mol. The highest BCUT2D eigenvalue weighted by atomic mass is 16.3. The van der Waals surface area contributed by atoms with Gasteiger partial charge in [0, 0.05) is 25.6 Å².